The molecule has 40 valence electrons. The van der Waals surface area contributed by atoms with Crippen LogP contribution >= 0.6 is 11.0 Å². The Morgan fingerprint density at radius 3 is 2.86 bits per heavy atom. The Labute approximate surface area is 48.4 Å². The minimum atomic E-state index is -0.990. The Morgan fingerprint density at radius 1 is 2.00 bits per heavy atom. The van der Waals surface area contributed by atoms with Gasteiger partial charge in [-0.2, -0.15) is 4.72 Å². The summed E-state index contributed by atoms with van der Waals surface area (Å²) in [6, 6.07) is 0. The minimum Gasteiger partial charge on any atom is -0.580 e. The summed E-state index contributed by atoms with van der Waals surface area (Å²) in [7, 11) is 0.0644. The molecule has 0 radical (unpaired) electrons. The number of amidine groups is 1. The summed E-state index contributed by atoms with van der Waals surface area (Å²) < 4.78 is 16.6. The Hall–Kier alpha value is 0.130. The van der Waals surface area contributed by atoms with Gasteiger partial charge in [0.25, 0.3) is 11.0 Å². The van der Waals surface area contributed by atoms with Crippen LogP contribution in [0.4, 0.5) is 0 Å². The fourth-order valence-corrected chi connectivity index (χ4v) is 1.87. The Balaban J connectivity index is 2.42. The lowest BCUT2D eigenvalue weighted by Gasteiger charge is -1.93. The molecule has 1 heterocycles. The van der Waals surface area contributed by atoms with Crippen molar-refractivity contribution in [3.8, 4) is 0 Å². The largest absolute Gasteiger partial charge is 0.580 e. The first-order chi connectivity index (χ1) is 3.29. The zero-order valence-corrected chi connectivity index (χ0v) is 5.30. The summed E-state index contributed by atoms with van der Waals surface area (Å²) in [4.78, 5) is 0. The lowest BCUT2D eigenvalue weighted by Crippen LogP contribution is -2.19. The average molecular weight is 136 g/mol. The highest BCUT2D eigenvalue weighted by Crippen LogP contribution is 2.16. The zero-order chi connectivity index (χ0) is 5.28. The molecule has 0 spiro atoms. The molecule has 0 saturated heterocycles. The molecule has 0 saturated carbocycles. The number of nitrogens with zero attached hydrogens (tertiary/aromatic N) is 1. The molecule has 1 rings (SSSR count). The van der Waals surface area contributed by atoms with Crippen molar-refractivity contribution in [3.63, 3.8) is 0 Å². The Bertz CT molecular complexity index is 104. The maximum Gasteiger partial charge on any atom is 0.266 e. The lowest BCUT2D eigenvalue weighted by molar-refractivity contribution is 0.607. The third-order valence-corrected chi connectivity index (χ3v) is 2.30. The summed E-state index contributed by atoms with van der Waals surface area (Å²) >= 11 is 0. The maximum atomic E-state index is 10.3. The van der Waals surface area contributed by atoms with Gasteiger partial charge in [-0.05, 0) is 6.92 Å². The molecule has 1 aliphatic heterocycles. The topological polar surface area (TPSA) is 47.5 Å². The van der Waals surface area contributed by atoms with Gasteiger partial charge in [0, 0.05) is 0 Å². The molecule has 0 aromatic rings. The Kier molecular flexibility index (Phi) is 1.46. The number of hydrogen-bond donors (Lipinski definition) is 1. The third-order valence-electron chi connectivity index (χ3n) is 0.473. The quantitative estimate of drug-likeness (QED) is 0.295. The summed E-state index contributed by atoms with van der Waals surface area (Å²) in [5.41, 5.74) is 0. The van der Waals surface area contributed by atoms with E-state index in [4.69, 9.17) is 0 Å². The summed E-state index contributed by atoms with van der Waals surface area (Å²) in [6.07, 6.45) is 0. The maximum absolute atomic E-state index is 10.3. The van der Waals surface area contributed by atoms with Gasteiger partial charge in [0.2, 0.25) is 0 Å². The van der Waals surface area contributed by atoms with Crippen molar-refractivity contribution >= 4 is 27.2 Å². The van der Waals surface area contributed by atoms with E-state index >= 15 is 0 Å². The normalized spacial score (nSPS) is 29.4. The van der Waals surface area contributed by atoms with Crippen molar-refractivity contribution in [2.45, 2.75) is 6.92 Å². The van der Waals surface area contributed by atoms with Crippen molar-refractivity contribution < 1.29 is 4.55 Å². The smallest absolute Gasteiger partial charge is 0.266 e. The minimum absolute atomic E-state index is 0.739. The molecule has 0 fully saturated rings. The van der Waals surface area contributed by atoms with E-state index < -0.39 is 10.4 Å². The van der Waals surface area contributed by atoms with Crippen molar-refractivity contribution in [1.82, 2.24) is 4.72 Å². The standard InChI is InChI=1S/C2H4N2OS2/c1-2-3-6-7(5)4-2/h1H3,(H,3,4). The zero-order valence-electron chi connectivity index (χ0n) is 3.67. The van der Waals surface area contributed by atoms with E-state index in [1.54, 1.807) is 6.92 Å². The van der Waals surface area contributed by atoms with Crippen LogP contribution in [0.25, 0.3) is 0 Å². The van der Waals surface area contributed by atoms with Crippen LogP contribution in [0.2, 0.25) is 0 Å². The highest BCUT2D eigenvalue weighted by molar-refractivity contribution is 8.71. The molecule has 5 heteroatoms. The van der Waals surface area contributed by atoms with Gasteiger partial charge in [-0.25, -0.2) is 0 Å². The van der Waals surface area contributed by atoms with Crippen molar-refractivity contribution in [3.05, 3.63) is 0 Å². The van der Waals surface area contributed by atoms with Crippen LogP contribution in [0, 0.1) is 0 Å². The van der Waals surface area contributed by atoms with Crippen molar-refractivity contribution in [2.24, 2.45) is 4.40 Å². The number of rotatable bonds is 0. The van der Waals surface area contributed by atoms with Crippen LogP contribution in [0.5, 0.6) is 0 Å². The molecular formula is C2H4N2OS2. The fourth-order valence-electron chi connectivity index (χ4n) is 0.248. The fraction of sp³-hybridized carbons (Fsp3) is 0.500. The molecule has 0 bridgehead atoms. The van der Waals surface area contributed by atoms with E-state index in [0.717, 1.165) is 16.8 Å². The highest BCUT2D eigenvalue weighted by atomic mass is 33.1. The second-order valence-corrected chi connectivity index (χ2v) is 3.45. The number of hydrogen-bond acceptors (Lipinski definition) is 4. The van der Waals surface area contributed by atoms with Gasteiger partial charge < -0.3 is 4.55 Å². The van der Waals surface area contributed by atoms with Crippen LogP contribution in [-0.4, -0.2) is 10.4 Å². The summed E-state index contributed by atoms with van der Waals surface area (Å²) in [5.74, 6) is 0.739. The second kappa shape index (κ2) is 1.94. The molecule has 3 nitrogen and oxygen atoms in total. The first-order valence-electron chi connectivity index (χ1n) is 1.69. The van der Waals surface area contributed by atoms with Crippen LogP contribution in [0.15, 0.2) is 4.40 Å². The molecule has 0 aromatic carbocycles. The van der Waals surface area contributed by atoms with E-state index in [1.807, 2.05) is 0 Å². The van der Waals surface area contributed by atoms with Crippen molar-refractivity contribution in [2.75, 3.05) is 0 Å². The summed E-state index contributed by atoms with van der Waals surface area (Å²) in [5, 5.41) is 0. The first kappa shape index (κ1) is 5.27. The van der Waals surface area contributed by atoms with E-state index in [1.165, 1.54) is 0 Å². The molecule has 0 aliphatic carbocycles. The molecule has 7 heavy (non-hydrogen) atoms. The molecule has 0 amide bonds. The van der Waals surface area contributed by atoms with Gasteiger partial charge in [0.05, 0.1) is 0 Å². The van der Waals surface area contributed by atoms with Gasteiger partial charge >= 0.3 is 0 Å². The van der Waals surface area contributed by atoms with Gasteiger partial charge in [-0.15, -0.1) is 4.40 Å². The SMILES string of the molecule is CC1=NS[S+]([O-])N1. The first-order valence-corrected chi connectivity index (χ1v) is 4.13. The average Bonchev–Trinajstić information content (AvgIpc) is 1.87. The highest BCUT2D eigenvalue weighted by Gasteiger charge is 2.16. The third kappa shape index (κ3) is 1.25. The lowest BCUT2D eigenvalue weighted by atomic mass is 10.8. The molecule has 1 unspecified atom stereocenters. The van der Waals surface area contributed by atoms with Crippen molar-refractivity contribution in [1.29, 1.82) is 0 Å². The molecule has 1 aliphatic rings. The predicted molar refractivity (Wildman–Crippen MR) is 32.0 cm³/mol. The van der Waals surface area contributed by atoms with Crippen LogP contribution < -0.4 is 4.72 Å². The van der Waals surface area contributed by atoms with Crippen LogP contribution in [0.1, 0.15) is 6.92 Å². The van der Waals surface area contributed by atoms with Gasteiger partial charge in [-0.1, -0.05) is 0 Å². The molecular weight excluding hydrogens is 132 g/mol. The monoisotopic (exact) mass is 136 g/mol. The van der Waals surface area contributed by atoms with Gasteiger partial charge in [-0.3, -0.25) is 0 Å². The van der Waals surface area contributed by atoms with Gasteiger partial charge in [0.15, 0.2) is 16.2 Å². The van der Waals surface area contributed by atoms with Crippen LogP contribution in [0.3, 0.4) is 0 Å². The second-order valence-electron chi connectivity index (χ2n) is 1.09. The predicted octanol–water partition coefficient (Wildman–Crippen LogP) is 0.235. The molecule has 1 N–H and O–H groups in total. The van der Waals surface area contributed by atoms with E-state index in [-0.39, 0.29) is 0 Å². The Morgan fingerprint density at radius 2 is 2.71 bits per heavy atom. The molecule has 1 atom stereocenters. The van der Waals surface area contributed by atoms with E-state index in [9.17, 15) is 4.55 Å². The van der Waals surface area contributed by atoms with Gasteiger partial charge in [0.1, 0.15) is 0 Å². The number of nitrogens with one attached hydrogen (secondary N) is 1. The van der Waals surface area contributed by atoms with E-state index in [0.29, 0.717) is 0 Å². The summed E-state index contributed by atoms with van der Waals surface area (Å²) in [6.45, 7) is 1.78. The van der Waals surface area contributed by atoms with Crippen LogP contribution in [-0.2, 0) is 10.4 Å². The molecule has 0 aromatic heterocycles. The van der Waals surface area contributed by atoms with E-state index in [2.05, 4.69) is 9.12 Å².